The number of hydrogen-bond donors (Lipinski definition) is 0. The van der Waals surface area contributed by atoms with Gasteiger partial charge in [0.05, 0.1) is 0 Å². The first-order chi connectivity index (χ1) is 3.00. The van der Waals surface area contributed by atoms with Gasteiger partial charge in [0.2, 0.25) is 0 Å². The van der Waals surface area contributed by atoms with Crippen molar-refractivity contribution in [2.75, 3.05) is 0 Å². The van der Waals surface area contributed by atoms with Crippen LogP contribution in [0.4, 0.5) is 0 Å². The fourth-order valence-corrected chi connectivity index (χ4v) is 0. The third kappa shape index (κ3) is 82.8. The normalized spacial score (nSPS) is 1.12. The predicted octanol–water partition coefficient (Wildman–Crippen LogP) is -1.83. The molecular weight excluding hydrogens is 331 g/mol. The second-order valence-corrected chi connectivity index (χ2v) is 0. The quantitative estimate of drug-likeness (QED) is 0.488. The van der Waals surface area contributed by atoms with Crippen molar-refractivity contribution in [2.24, 2.45) is 0 Å². The van der Waals surface area contributed by atoms with Crippen LogP contribution >= 0.6 is 0 Å². The number of hydrogen-bond acceptors (Lipinski definition) is 4. The summed E-state index contributed by atoms with van der Waals surface area (Å²) in [5.41, 5.74) is 0. The summed E-state index contributed by atoms with van der Waals surface area (Å²) in [6.07, 6.45) is 0. The van der Waals surface area contributed by atoms with Gasteiger partial charge in [0.15, 0.2) is 0 Å². The zero-order valence-corrected chi connectivity index (χ0v) is 11.4. The summed E-state index contributed by atoms with van der Waals surface area (Å²) >= 11 is 0.967. The fraction of sp³-hybridized carbons (Fsp3) is 0. The molecule has 0 aliphatic heterocycles. The average molecular weight is 334 g/mol. The number of rotatable bonds is 0. The van der Waals surface area contributed by atoms with Crippen LogP contribution in [0.15, 0.2) is 0 Å². The van der Waals surface area contributed by atoms with Gasteiger partial charge in [0.1, 0.15) is 0 Å². The van der Waals surface area contributed by atoms with Gasteiger partial charge < -0.3 is 5.48 Å². The van der Waals surface area contributed by atoms with Gasteiger partial charge in [-0.3, -0.25) is 0 Å². The van der Waals surface area contributed by atoms with Crippen LogP contribution in [0, 0.1) is 39.8 Å². The molecule has 0 saturated carbocycles. The zero-order valence-electron chi connectivity index (χ0n) is 4.38. The van der Waals surface area contributed by atoms with E-state index in [9.17, 15) is 0 Å². The maximum atomic E-state index is 8.39. The van der Waals surface area contributed by atoms with E-state index < -0.39 is 0 Å². The predicted molar refractivity (Wildman–Crippen MR) is 18.3 cm³/mol. The Bertz CT molecular complexity index is 20.8. The van der Waals surface area contributed by atoms with Crippen molar-refractivity contribution in [2.45, 2.75) is 0 Å². The van der Waals surface area contributed by atoms with Gasteiger partial charge in [-0.05, 0) is 0 Å². The molecule has 0 aliphatic carbocycles. The van der Waals surface area contributed by atoms with Gasteiger partial charge in [-0.1, -0.05) is 0 Å². The van der Waals surface area contributed by atoms with E-state index in [0.717, 1.165) is 0 Å². The van der Waals surface area contributed by atoms with Crippen LogP contribution in [0.1, 0.15) is 0 Å². The van der Waals surface area contributed by atoms with E-state index in [1.807, 2.05) is 0 Å². The third-order valence-electron chi connectivity index (χ3n) is 0. The molecule has 4 nitrogen and oxygen atoms in total. The molecule has 0 atom stereocenters. The molecule has 0 radical (unpaired) electrons. The molecule has 0 spiro atoms. The van der Waals surface area contributed by atoms with Gasteiger partial charge in [0, 0.05) is 0 Å². The average Bonchev–Trinajstić information content (AvgIpc) is 1.81. The summed E-state index contributed by atoms with van der Waals surface area (Å²) in [5.74, 6) is 0. The maximum absolute atomic E-state index is 8.39. The Hall–Kier alpha value is 2.32. The second-order valence-electron chi connectivity index (χ2n) is 0. The molecule has 0 aromatic carbocycles. The summed E-state index contributed by atoms with van der Waals surface area (Å²) < 4.78 is 25.0. The van der Waals surface area contributed by atoms with E-state index in [1.54, 1.807) is 0 Å². The van der Waals surface area contributed by atoms with Crippen molar-refractivity contribution in [3.8, 4) is 0 Å². The van der Waals surface area contributed by atoms with Crippen LogP contribution in [-0.2, 0) is 32.3 Å². The van der Waals surface area contributed by atoms with Crippen LogP contribution in [-0.4, -0.2) is 31.8 Å². The molecule has 0 amide bonds. The Morgan fingerprint density at radius 3 is 1.12 bits per heavy atom. The molecule has 0 fully saturated rings. The van der Waals surface area contributed by atoms with Gasteiger partial charge in [-0.2, -0.15) is 0 Å². The standard InChI is InChI=1S/Al.Be.Ce.H2O.3O.Zr.2H/h;;;1H2;;;;;;/q;+1;;;;;;;;/p-1. The monoisotopic (exact) mass is 333 g/mol. The van der Waals surface area contributed by atoms with Crippen LogP contribution in [0.25, 0.3) is 0 Å². The first-order valence-corrected chi connectivity index (χ1v) is 3.56. The van der Waals surface area contributed by atoms with E-state index in [0.29, 0.717) is 40.9 Å². The first kappa shape index (κ1) is 31.7. The summed E-state index contributed by atoms with van der Waals surface area (Å²) in [5, 5.41) is 0. The minimum absolute atomic E-state index is 0. The summed E-state index contributed by atoms with van der Waals surface area (Å²) in [4.78, 5) is 0. The van der Waals surface area contributed by atoms with Crippen LogP contribution in [0.3, 0.4) is 0 Å². The van der Waals surface area contributed by atoms with Crippen LogP contribution in [0.2, 0.25) is 0 Å². The Balaban J connectivity index is -0.00000000500. The van der Waals surface area contributed by atoms with Gasteiger partial charge in [-0.15, -0.1) is 0 Å². The first-order valence-electron chi connectivity index (χ1n) is 0.697. The van der Waals surface area contributed by atoms with Crippen molar-refractivity contribution in [3.05, 3.63) is 0 Å². The Morgan fingerprint density at radius 1 is 1.12 bits per heavy atom. The summed E-state index contributed by atoms with van der Waals surface area (Å²) in [6, 6.07) is 0. The van der Waals surface area contributed by atoms with E-state index >= 15 is 0 Å². The molecule has 8 heavy (non-hydrogen) atoms. The molecule has 0 saturated heterocycles. The van der Waals surface area contributed by atoms with Crippen molar-refractivity contribution >= 4 is 26.3 Å². The molecule has 0 rings (SSSR count). The Kier molecular flexibility index (Phi) is 474. The van der Waals surface area contributed by atoms with E-state index in [1.165, 1.54) is 0 Å². The molecular formula is H3AlBeCeO4Zr. The van der Waals surface area contributed by atoms with Crippen molar-refractivity contribution < 1.29 is 77.5 Å². The molecule has 0 aliphatic rings. The van der Waals surface area contributed by atoms with E-state index in [2.05, 4.69) is 0 Å². The molecule has 40 valence electrons. The topological polar surface area (TPSA) is 81.2 Å². The molecule has 1 N–H and O–H groups in total. The van der Waals surface area contributed by atoms with E-state index in [4.69, 9.17) is 7.55 Å². The third-order valence-corrected chi connectivity index (χ3v) is 0. The molecule has 0 aromatic heterocycles. The van der Waals surface area contributed by atoms with E-state index in [-0.39, 0.29) is 55.4 Å². The molecule has 0 aromatic rings. The minimum atomic E-state index is 0. The Morgan fingerprint density at radius 2 is 1.12 bits per heavy atom. The summed E-state index contributed by atoms with van der Waals surface area (Å²) in [6.45, 7) is 0. The second kappa shape index (κ2) is 120. The summed E-state index contributed by atoms with van der Waals surface area (Å²) in [7, 11) is 0. The van der Waals surface area contributed by atoms with Crippen LogP contribution < -0.4 is 0 Å². The fourth-order valence-electron chi connectivity index (χ4n) is 0. The van der Waals surface area contributed by atoms with Gasteiger partial charge in [-0.25, -0.2) is 0 Å². The van der Waals surface area contributed by atoms with Crippen LogP contribution in [0.5, 0.6) is 0 Å². The Labute approximate surface area is 102 Å². The van der Waals surface area contributed by atoms with Crippen molar-refractivity contribution in [1.82, 2.24) is 0 Å². The molecule has 8 heteroatoms. The molecule has 0 bridgehead atoms. The van der Waals surface area contributed by atoms with Crippen molar-refractivity contribution in [1.29, 1.82) is 0 Å². The SMILES string of the molecule is [BeH+].[OH-].[O]=[AlH].[O]=[Ce].[O]=[Zr]. The van der Waals surface area contributed by atoms with Gasteiger partial charge in [0.25, 0.3) is 0 Å². The van der Waals surface area contributed by atoms with Crippen molar-refractivity contribution in [3.63, 3.8) is 0 Å². The molecule has 0 heterocycles. The zero-order chi connectivity index (χ0) is 6.00. The molecule has 0 unspecified atom stereocenters. The van der Waals surface area contributed by atoms with Gasteiger partial charge >= 0.3 is 98.4 Å².